The van der Waals surface area contributed by atoms with Crippen molar-refractivity contribution in [3.8, 4) is 11.3 Å². The first-order chi connectivity index (χ1) is 10.3. The van der Waals surface area contributed by atoms with Crippen molar-refractivity contribution in [2.75, 3.05) is 5.32 Å². The molecule has 1 heterocycles. The Morgan fingerprint density at radius 2 is 1.86 bits per heavy atom. The van der Waals surface area contributed by atoms with Gasteiger partial charge < -0.3 is 5.32 Å². The average molecular weight is 283 g/mol. The van der Waals surface area contributed by atoms with Gasteiger partial charge in [0, 0.05) is 17.9 Å². The summed E-state index contributed by atoms with van der Waals surface area (Å²) in [4.78, 5) is 0. The standard InChI is InChI=1S/C18H25N3/c1-2-3-14-4-8-16(9-5-14)20-17-10-6-15(7-11-17)18-12-13-19-21-18/h6-7,10-14,16,20H,2-5,8-9H2,1H3,(H,19,21). The van der Waals surface area contributed by atoms with Crippen LogP contribution in [0.15, 0.2) is 36.5 Å². The van der Waals surface area contributed by atoms with Gasteiger partial charge >= 0.3 is 0 Å². The molecule has 112 valence electrons. The number of aromatic amines is 1. The Kier molecular flexibility index (Phi) is 4.59. The smallest absolute Gasteiger partial charge is 0.0650 e. The molecule has 0 unspecified atom stereocenters. The predicted molar refractivity (Wildman–Crippen MR) is 88.3 cm³/mol. The molecule has 1 aromatic heterocycles. The van der Waals surface area contributed by atoms with Gasteiger partial charge in [0.15, 0.2) is 0 Å². The molecule has 0 atom stereocenters. The molecule has 3 rings (SSSR count). The summed E-state index contributed by atoms with van der Waals surface area (Å²) < 4.78 is 0. The second kappa shape index (κ2) is 6.79. The first kappa shape index (κ1) is 14.2. The van der Waals surface area contributed by atoms with Crippen molar-refractivity contribution in [2.24, 2.45) is 5.92 Å². The highest BCUT2D eigenvalue weighted by Gasteiger charge is 2.20. The van der Waals surface area contributed by atoms with Crippen molar-refractivity contribution < 1.29 is 0 Å². The maximum atomic E-state index is 4.00. The van der Waals surface area contributed by atoms with Crippen LogP contribution in [0.1, 0.15) is 45.4 Å². The Morgan fingerprint density at radius 1 is 1.10 bits per heavy atom. The van der Waals surface area contributed by atoms with Gasteiger partial charge in [0.1, 0.15) is 0 Å². The number of H-pyrrole nitrogens is 1. The molecular weight excluding hydrogens is 258 g/mol. The van der Waals surface area contributed by atoms with E-state index >= 15 is 0 Å². The van der Waals surface area contributed by atoms with Gasteiger partial charge in [-0.3, -0.25) is 5.10 Å². The van der Waals surface area contributed by atoms with Crippen LogP contribution < -0.4 is 5.32 Å². The summed E-state index contributed by atoms with van der Waals surface area (Å²) in [6.07, 6.45) is 9.93. The van der Waals surface area contributed by atoms with Gasteiger partial charge in [0.05, 0.1) is 5.69 Å². The third-order valence-electron chi connectivity index (χ3n) is 4.61. The summed E-state index contributed by atoms with van der Waals surface area (Å²) in [5.41, 5.74) is 3.49. The van der Waals surface area contributed by atoms with Gasteiger partial charge in [0.25, 0.3) is 0 Å². The summed E-state index contributed by atoms with van der Waals surface area (Å²) in [5.74, 6) is 0.968. The molecule has 2 aromatic rings. The number of anilines is 1. The van der Waals surface area contributed by atoms with E-state index < -0.39 is 0 Å². The summed E-state index contributed by atoms with van der Waals surface area (Å²) in [5, 5.41) is 10.7. The lowest BCUT2D eigenvalue weighted by Gasteiger charge is -2.29. The second-order valence-electron chi connectivity index (χ2n) is 6.20. The maximum absolute atomic E-state index is 4.00. The fourth-order valence-electron chi connectivity index (χ4n) is 3.40. The zero-order chi connectivity index (χ0) is 14.5. The van der Waals surface area contributed by atoms with Crippen LogP contribution in [-0.4, -0.2) is 16.2 Å². The first-order valence-corrected chi connectivity index (χ1v) is 8.21. The lowest BCUT2D eigenvalue weighted by molar-refractivity contribution is 0.319. The summed E-state index contributed by atoms with van der Waals surface area (Å²) >= 11 is 0. The summed E-state index contributed by atoms with van der Waals surface area (Å²) in [6, 6.07) is 11.3. The lowest BCUT2D eigenvalue weighted by atomic mass is 9.83. The predicted octanol–water partition coefficient (Wildman–Crippen LogP) is 4.85. The van der Waals surface area contributed by atoms with Gasteiger partial charge in [-0.1, -0.05) is 31.9 Å². The van der Waals surface area contributed by atoms with E-state index in [9.17, 15) is 0 Å². The van der Waals surface area contributed by atoms with Gasteiger partial charge in [-0.15, -0.1) is 0 Å². The Hall–Kier alpha value is -1.77. The normalized spacial score (nSPS) is 22.1. The van der Waals surface area contributed by atoms with Gasteiger partial charge in [0.2, 0.25) is 0 Å². The SMILES string of the molecule is CCCC1CCC(Nc2ccc(-c3ccn[nH]3)cc2)CC1. The molecule has 0 radical (unpaired) electrons. The van der Waals surface area contributed by atoms with Crippen molar-refractivity contribution in [1.82, 2.24) is 10.2 Å². The number of nitrogens with one attached hydrogen (secondary N) is 2. The van der Waals surface area contributed by atoms with E-state index in [1.165, 1.54) is 49.8 Å². The minimum absolute atomic E-state index is 0.649. The summed E-state index contributed by atoms with van der Waals surface area (Å²) in [6.45, 7) is 2.30. The van der Waals surface area contributed by atoms with E-state index in [4.69, 9.17) is 0 Å². The number of aromatic nitrogens is 2. The molecule has 0 amide bonds. The number of hydrogen-bond acceptors (Lipinski definition) is 2. The van der Waals surface area contributed by atoms with Crippen LogP contribution in [-0.2, 0) is 0 Å². The molecule has 3 heteroatoms. The van der Waals surface area contributed by atoms with Crippen molar-refractivity contribution in [1.29, 1.82) is 0 Å². The number of nitrogens with zero attached hydrogens (tertiary/aromatic N) is 1. The van der Waals surface area contributed by atoms with Crippen LogP contribution in [0.25, 0.3) is 11.3 Å². The zero-order valence-electron chi connectivity index (χ0n) is 12.8. The molecule has 0 spiro atoms. The average Bonchev–Trinajstić information content (AvgIpc) is 3.05. The largest absolute Gasteiger partial charge is 0.382 e. The lowest BCUT2D eigenvalue weighted by Crippen LogP contribution is -2.26. The zero-order valence-corrected chi connectivity index (χ0v) is 12.8. The molecule has 0 bridgehead atoms. The molecule has 21 heavy (non-hydrogen) atoms. The van der Waals surface area contributed by atoms with Crippen molar-refractivity contribution in [3.05, 3.63) is 36.5 Å². The Labute approximate surface area is 127 Å². The van der Waals surface area contributed by atoms with Crippen LogP contribution >= 0.6 is 0 Å². The molecule has 3 nitrogen and oxygen atoms in total. The molecule has 2 N–H and O–H groups in total. The quantitative estimate of drug-likeness (QED) is 0.823. The van der Waals surface area contributed by atoms with Crippen molar-refractivity contribution in [2.45, 2.75) is 51.5 Å². The van der Waals surface area contributed by atoms with Gasteiger partial charge in [-0.25, -0.2) is 0 Å². The minimum atomic E-state index is 0.649. The van der Waals surface area contributed by atoms with Crippen LogP contribution in [0.5, 0.6) is 0 Å². The van der Waals surface area contributed by atoms with Crippen molar-refractivity contribution in [3.63, 3.8) is 0 Å². The Morgan fingerprint density at radius 3 is 2.48 bits per heavy atom. The third kappa shape index (κ3) is 3.66. The highest BCUT2D eigenvalue weighted by atomic mass is 15.1. The van der Waals surface area contributed by atoms with E-state index in [0.717, 1.165) is 11.6 Å². The van der Waals surface area contributed by atoms with Crippen LogP contribution in [0, 0.1) is 5.92 Å². The van der Waals surface area contributed by atoms with E-state index in [-0.39, 0.29) is 0 Å². The van der Waals surface area contributed by atoms with Gasteiger partial charge in [-0.05, 0) is 55.4 Å². The fraction of sp³-hybridized carbons (Fsp3) is 0.500. The Bertz CT molecular complexity index is 522. The molecule has 0 aliphatic heterocycles. The molecule has 1 aromatic carbocycles. The number of benzene rings is 1. The van der Waals surface area contributed by atoms with Crippen LogP contribution in [0.4, 0.5) is 5.69 Å². The fourth-order valence-corrected chi connectivity index (χ4v) is 3.40. The number of hydrogen-bond donors (Lipinski definition) is 2. The van der Waals surface area contributed by atoms with Crippen LogP contribution in [0.3, 0.4) is 0 Å². The van der Waals surface area contributed by atoms with Crippen molar-refractivity contribution >= 4 is 5.69 Å². The van der Waals surface area contributed by atoms with E-state index in [1.807, 2.05) is 6.07 Å². The second-order valence-corrected chi connectivity index (χ2v) is 6.20. The van der Waals surface area contributed by atoms with E-state index in [1.54, 1.807) is 6.20 Å². The molecule has 1 fully saturated rings. The Balaban J connectivity index is 1.54. The minimum Gasteiger partial charge on any atom is -0.382 e. The highest BCUT2D eigenvalue weighted by Crippen LogP contribution is 2.29. The third-order valence-corrected chi connectivity index (χ3v) is 4.61. The van der Waals surface area contributed by atoms with Crippen LogP contribution in [0.2, 0.25) is 0 Å². The molecule has 1 aliphatic rings. The monoisotopic (exact) mass is 283 g/mol. The van der Waals surface area contributed by atoms with E-state index in [2.05, 4.69) is 46.7 Å². The topological polar surface area (TPSA) is 40.7 Å². The van der Waals surface area contributed by atoms with E-state index in [0.29, 0.717) is 6.04 Å². The molecular formula is C18H25N3. The molecule has 1 saturated carbocycles. The van der Waals surface area contributed by atoms with Gasteiger partial charge in [-0.2, -0.15) is 5.10 Å². The molecule has 0 saturated heterocycles. The maximum Gasteiger partial charge on any atom is 0.0650 e. The first-order valence-electron chi connectivity index (χ1n) is 8.21. The highest BCUT2D eigenvalue weighted by molar-refractivity contribution is 5.62. The summed E-state index contributed by atoms with van der Waals surface area (Å²) in [7, 11) is 0. The molecule has 1 aliphatic carbocycles. The number of rotatable bonds is 5.